The Morgan fingerprint density at radius 1 is 1.08 bits per heavy atom. The van der Waals surface area contributed by atoms with Crippen LogP contribution in [0, 0.1) is 0 Å². The highest BCUT2D eigenvalue weighted by Crippen LogP contribution is 2.17. The number of amides is 1. The van der Waals surface area contributed by atoms with Crippen molar-refractivity contribution in [1.29, 1.82) is 0 Å². The molecular weight excluding hydrogens is 356 g/mol. The Hall–Kier alpha value is -2.65. The molecule has 0 aliphatic carbocycles. The lowest BCUT2D eigenvalue weighted by Crippen LogP contribution is -2.36. The van der Waals surface area contributed by atoms with Crippen molar-refractivity contribution in [3.63, 3.8) is 0 Å². The van der Waals surface area contributed by atoms with Gasteiger partial charge in [-0.2, -0.15) is 0 Å². The number of carbonyl (C=O) groups excluding carboxylic acids is 1. The van der Waals surface area contributed by atoms with E-state index >= 15 is 0 Å². The molecular formula is C17H20N4O4S. The number of hydrogen-bond acceptors (Lipinski definition) is 6. The van der Waals surface area contributed by atoms with Crippen LogP contribution in [0.15, 0.2) is 42.6 Å². The van der Waals surface area contributed by atoms with Gasteiger partial charge in [0.1, 0.15) is 5.82 Å². The molecule has 26 heavy (non-hydrogen) atoms. The van der Waals surface area contributed by atoms with Crippen LogP contribution in [0.1, 0.15) is 10.4 Å². The third kappa shape index (κ3) is 4.93. The molecule has 9 heteroatoms. The summed E-state index contributed by atoms with van der Waals surface area (Å²) in [6.45, 7) is 2.92. The predicted molar refractivity (Wildman–Crippen MR) is 100 cm³/mol. The van der Waals surface area contributed by atoms with E-state index in [9.17, 15) is 13.2 Å². The van der Waals surface area contributed by atoms with Gasteiger partial charge in [-0.05, 0) is 36.4 Å². The number of nitrogens with one attached hydrogen (secondary N) is 2. The summed E-state index contributed by atoms with van der Waals surface area (Å²) in [6.07, 6.45) is 2.62. The van der Waals surface area contributed by atoms with Gasteiger partial charge in [0.15, 0.2) is 0 Å². The summed E-state index contributed by atoms with van der Waals surface area (Å²) < 4.78 is 30.1. The number of anilines is 3. The van der Waals surface area contributed by atoms with Gasteiger partial charge in [0.2, 0.25) is 10.0 Å². The molecule has 1 aromatic heterocycles. The zero-order valence-electron chi connectivity index (χ0n) is 14.3. The fourth-order valence-corrected chi connectivity index (χ4v) is 3.10. The van der Waals surface area contributed by atoms with Crippen LogP contribution < -0.4 is 14.9 Å². The van der Waals surface area contributed by atoms with Crippen LogP contribution in [0.25, 0.3) is 0 Å². The van der Waals surface area contributed by atoms with Gasteiger partial charge in [0, 0.05) is 30.7 Å². The van der Waals surface area contributed by atoms with Crippen molar-refractivity contribution in [2.24, 2.45) is 0 Å². The first-order valence-corrected chi connectivity index (χ1v) is 9.98. The molecule has 0 unspecified atom stereocenters. The molecule has 1 fully saturated rings. The molecule has 3 rings (SSSR count). The van der Waals surface area contributed by atoms with Crippen molar-refractivity contribution in [2.45, 2.75) is 0 Å². The molecule has 2 aromatic rings. The molecule has 1 saturated heterocycles. The number of ether oxygens (including phenoxy) is 1. The topological polar surface area (TPSA) is 101 Å². The second-order valence-electron chi connectivity index (χ2n) is 5.91. The van der Waals surface area contributed by atoms with Crippen LogP contribution in [-0.2, 0) is 14.8 Å². The first-order chi connectivity index (χ1) is 12.4. The van der Waals surface area contributed by atoms with E-state index in [1.54, 1.807) is 36.5 Å². The molecule has 0 saturated carbocycles. The quantitative estimate of drug-likeness (QED) is 0.821. The first kappa shape index (κ1) is 18.2. The van der Waals surface area contributed by atoms with E-state index in [0.717, 1.165) is 25.2 Å². The minimum absolute atomic E-state index is 0.283. The normalized spacial score (nSPS) is 14.7. The molecule has 0 spiro atoms. The monoisotopic (exact) mass is 376 g/mol. The number of sulfonamides is 1. The lowest BCUT2D eigenvalue weighted by atomic mass is 10.2. The van der Waals surface area contributed by atoms with Crippen LogP contribution in [-0.4, -0.2) is 51.9 Å². The highest BCUT2D eigenvalue weighted by Gasteiger charge is 2.13. The highest BCUT2D eigenvalue weighted by atomic mass is 32.2. The number of hydrogen-bond donors (Lipinski definition) is 2. The van der Waals surface area contributed by atoms with E-state index in [2.05, 4.69) is 19.9 Å². The average molecular weight is 376 g/mol. The standard InChI is InChI=1S/C17H20N4O4S/c1-26(23,24)20-15-5-3-14(4-6-15)19-17(22)13-2-7-16(18-12-13)21-8-10-25-11-9-21/h2-7,12,20H,8-11H2,1H3,(H,19,22). The number of aromatic nitrogens is 1. The number of carbonyl (C=O) groups is 1. The van der Waals surface area contributed by atoms with Gasteiger partial charge in [-0.1, -0.05) is 0 Å². The maximum absolute atomic E-state index is 12.3. The molecule has 2 N–H and O–H groups in total. The van der Waals surface area contributed by atoms with E-state index in [-0.39, 0.29) is 5.91 Å². The average Bonchev–Trinajstić information content (AvgIpc) is 2.63. The Labute approximate surface area is 152 Å². The summed E-state index contributed by atoms with van der Waals surface area (Å²) in [7, 11) is -3.33. The predicted octanol–water partition coefficient (Wildman–Crippen LogP) is 1.54. The second-order valence-corrected chi connectivity index (χ2v) is 7.66. The van der Waals surface area contributed by atoms with Gasteiger partial charge in [0.05, 0.1) is 25.0 Å². The number of benzene rings is 1. The minimum atomic E-state index is -3.33. The van der Waals surface area contributed by atoms with E-state index in [1.165, 1.54) is 0 Å². The third-order valence-electron chi connectivity index (χ3n) is 3.79. The molecule has 1 amide bonds. The molecule has 1 aliphatic heterocycles. The summed E-state index contributed by atoms with van der Waals surface area (Å²) in [5, 5.41) is 2.76. The minimum Gasteiger partial charge on any atom is -0.378 e. The number of pyridine rings is 1. The molecule has 0 radical (unpaired) electrons. The lowest BCUT2D eigenvalue weighted by Gasteiger charge is -2.27. The fourth-order valence-electron chi connectivity index (χ4n) is 2.54. The lowest BCUT2D eigenvalue weighted by molar-refractivity contribution is 0.102. The maximum Gasteiger partial charge on any atom is 0.257 e. The second kappa shape index (κ2) is 7.71. The van der Waals surface area contributed by atoms with Crippen LogP contribution in [0.3, 0.4) is 0 Å². The Kier molecular flexibility index (Phi) is 5.38. The highest BCUT2D eigenvalue weighted by molar-refractivity contribution is 7.92. The van der Waals surface area contributed by atoms with Gasteiger partial charge >= 0.3 is 0 Å². The maximum atomic E-state index is 12.3. The van der Waals surface area contributed by atoms with Gasteiger partial charge in [0.25, 0.3) is 5.91 Å². The van der Waals surface area contributed by atoms with Crippen molar-refractivity contribution in [1.82, 2.24) is 4.98 Å². The van der Waals surface area contributed by atoms with Crippen molar-refractivity contribution in [3.05, 3.63) is 48.2 Å². The molecule has 8 nitrogen and oxygen atoms in total. The summed E-state index contributed by atoms with van der Waals surface area (Å²) in [6, 6.07) is 9.96. The summed E-state index contributed by atoms with van der Waals surface area (Å²) >= 11 is 0. The molecule has 2 heterocycles. The fraction of sp³-hybridized carbons (Fsp3) is 0.294. The van der Waals surface area contributed by atoms with Gasteiger partial charge in [-0.15, -0.1) is 0 Å². The third-order valence-corrected chi connectivity index (χ3v) is 4.40. The Morgan fingerprint density at radius 3 is 2.31 bits per heavy atom. The first-order valence-electron chi connectivity index (χ1n) is 8.09. The largest absolute Gasteiger partial charge is 0.378 e. The van der Waals surface area contributed by atoms with E-state index in [0.29, 0.717) is 30.2 Å². The number of nitrogens with zero attached hydrogens (tertiary/aromatic N) is 2. The Morgan fingerprint density at radius 2 is 1.73 bits per heavy atom. The van der Waals surface area contributed by atoms with Crippen LogP contribution in [0.5, 0.6) is 0 Å². The SMILES string of the molecule is CS(=O)(=O)Nc1ccc(NC(=O)c2ccc(N3CCOCC3)nc2)cc1. The molecule has 138 valence electrons. The molecule has 0 atom stereocenters. The van der Waals surface area contributed by atoms with E-state index < -0.39 is 10.0 Å². The van der Waals surface area contributed by atoms with E-state index in [4.69, 9.17) is 4.74 Å². The van der Waals surface area contributed by atoms with Crippen molar-refractivity contribution in [3.8, 4) is 0 Å². The molecule has 1 aliphatic rings. The smallest absolute Gasteiger partial charge is 0.257 e. The van der Waals surface area contributed by atoms with Crippen molar-refractivity contribution in [2.75, 3.05) is 47.5 Å². The van der Waals surface area contributed by atoms with Crippen molar-refractivity contribution >= 4 is 33.1 Å². The Bertz CT molecular complexity index is 861. The Balaban J connectivity index is 1.62. The van der Waals surface area contributed by atoms with Crippen LogP contribution >= 0.6 is 0 Å². The van der Waals surface area contributed by atoms with Gasteiger partial charge in [-0.25, -0.2) is 13.4 Å². The van der Waals surface area contributed by atoms with Gasteiger partial charge in [-0.3, -0.25) is 9.52 Å². The van der Waals surface area contributed by atoms with Crippen LogP contribution in [0.4, 0.5) is 17.2 Å². The van der Waals surface area contributed by atoms with E-state index in [1.807, 2.05) is 6.07 Å². The van der Waals surface area contributed by atoms with Crippen molar-refractivity contribution < 1.29 is 17.9 Å². The molecule has 0 bridgehead atoms. The zero-order valence-corrected chi connectivity index (χ0v) is 15.1. The molecule has 1 aromatic carbocycles. The summed E-state index contributed by atoms with van der Waals surface area (Å²) in [5.74, 6) is 0.538. The summed E-state index contributed by atoms with van der Waals surface area (Å²) in [5.41, 5.74) is 1.44. The zero-order chi connectivity index (χ0) is 18.6. The van der Waals surface area contributed by atoms with Gasteiger partial charge < -0.3 is 15.0 Å². The summed E-state index contributed by atoms with van der Waals surface area (Å²) in [4.78, 5) is 18.8. The number of morpholine rings is 1. The van der Waals surface area contributed by atoms with Crippen LogP contribution in [0.2, 0.25) is 0 Å². The number of rotatable bonds is 5.